The lowest BCUT2D eigenvalue weighted by atomic mass is 9.62. The number of amides is 1. The summed E-state index contributed by atoms with van der Waals surface area (Å²) in [7, 11) is 0. The van der Waals surface area contributed by atoms with Crippen LogP contribution in [0.15, 0.2) is 48.7 Å². The van der Waals surface area contributed by atoms with E-state index < -0.39 is 46.6 Å². The summed E-state index contributed by atoms with van der Waals surface area (Å²) in [5.74, 6) is -2.99. The molecule has 12 heteroatoms. The van der Waals surface area contributed by atoms with Gasteiger partial charge < -0.3 is 20.1 Å². The second kappa shape index (κ2) is 12.6. The first kappa shape index (κ1) is 33.3. The van der Waals surface area contributed by atoms with Crippen LogP contribution in [0.4, 0.5) is 14.6 Å². The number of nitrogens with zero attached hydrogens (tertiary/aromatic N) is 3. The zero-order valence-corrected chi connectivity index (χ0v) is 27.3. The highest BCUT2D eigenvalue weighted by molar-refractivity contribution is 6.31. The molecule has 2 saturated heterocycles. The van der Waals surface area contributed by atoms with Gasteiger partial charge in [-0.15, -0.1) is 0 Å². The molecule has 0 radical (unpaired) electrons. The SMILES string of the molecule is CC(C)(C)C[C@@H]1N[C@@H](C(=O)Nc2ccn(CC(C)(C)OC[C@H]3CO3)n2)[C@H](c2cccc(Cl)c2F)[C@@]1(C#N)c1ccc(Cl)cc1F. The molecule has 1 aromatic heterocycles. The summed E-state index contributed by atoms with van der Waals surface area (Å²) in [6.07, 6.45) is 2.20. The average Bonchev–Trinajstić information content (AvgIpc) is 3.61. The molecule has 2 aliphatic rings. The Hall–Kier alpha value is -3.07. The van der Waals surface area contributed by atoms with Crippen LogP contribution in [0.3, 0.4) is 0 Å². The van der Waals surface area contributed by atoms with Crippen molar-refractivity contribution in [1.29, 1.82) is 5.26 Å². The molecule has 8 nitrogen and oxygen atoms in total. The Labute approximate surface area is 272 Å². The Morgan fingerprint density at radius 2 is 1.96 bits per heavy atom. The summed E-state index contributed by atoms with van der Waals surface area (Å²) >= 11 is 12.3. The van der Waals surface area contributed by atoms with Crippen LogP contribution in [0.5, 0.6) is 0 Å². The lowest BCUT2D eigenvalue weighted by Crippen LogP contribution is -2.45. The molecule has 1 amide bonds. The van der Waals surface area contributed by atoms with Crippen LogP contribution < -0.4 is 10.6 Å². The highest BCUT2D eigenvalue weighted by atomic mass is 35.5. The van der Waals surface area contributed by atoms with E-state index in [0.29, 0.717) is 26.2 Å². The van der Waals surface area contributed by atoms with Gasteiger partial charge in [0.05, 0.1) is 42.5 Å². The maximum absolute atomic E-state index is 15.9. The van der Waals surface area contributed by atoms with Crippen LogP contribution in [0.25, 0.3) is 0 Å². The number of carbonyl (C=O) groups is 1. The van der Waals surface area contributed by atoms with Gasteiger partial charge in [0.25, 0.3) is 0 Å². The Kier molecular flexibility index (Phi) is 9.33. The third-order valence-corrected chi connectivity index (χ3v) is 8.76. The van der Waals surface area contributed by atoms with Crippen molar-refractivity contribution in [3.63, 3.8) is 0 Å². The topological polar surface area (TPSA) is 104 Å². The fourth-order valence-electron chi connectivity index (χ4n) is 6.20. The fourth-order valence-corrected chi connectivity index (χ4v) is 6.54. The van der Waals surface area contributed by atoms with Gasteiger partial charge in [0.2, 0.25) is 5.91 Å². The van der Waals surface area contributed by atoms with E-state index in [4.69, 9.17) is 32.7 Å². The van der Waals surface area contributed by atoms with Crippen molar-refractivity contribution in [1.82, 2.24) is 15.1 Å². The molecule has 0 bridgehead atoms. The van der Waals surface area contributed by atoms with Gasteiger partial charge in [0.15, 0.2) is 5.82 Å². The molecule has 2 aromatic carbocycles. The molecule has 3 heterocycles. The van der Waals surface area contributed by atoms with Crippen LogP contribution in [0, 0.1) is 28.4 Å². The summed E-state index contributed by atoms with van der Waals surface area (Å²) < 4.78 is 44.5. The average molecular weight is 661 g/mol. The van der Waals surface area contributed by atoms with Gasteiger partial charge in [-0.3, -0.25) is 9.48 Å². The number of halogens is 4. The third kappa shape index (κ3) is 7.18. The van der Waals surface area contributed by atoms with E-state index in [1.807, 2.05) is 34.6 Å². The van der Waals surface area contributed by atoms with E-state index in [1.165, 1.54) is 24.3 Å². The number of hydrogen-bond donors (Lipinski definition) is 2. The standard InChI is InChI=1S/C33H37Cl2F2N5O3/c1-31(2,3)14-25-33(17-38,22-10-9-19(34)13-24(22)36)27(21-7-6-8-23(35)28(21)37)29(39-25)30(43)40-26-11-12-42(41-26)18-32(4,5)45-16-20-15-44-20/h6-13,20,25,27,29,39H,14-16,18H2,1-5H3,(H,40,41,43)/t20-,25+,27+,29-,33+/m1/s1. The maximum atomic E-state index is 15.9. The number of aromatic nitrogens is 2. The predicted octanol–water partition coefficient (Wildman–Crippen LogP) is 6.62. The third-order valence-electron chi connectivity index (χ3n) is 8.23. The number of ether oxygens (including phenoxy) is 2. The number of nitriles is 1. The largest absolute Gasteiger partial charge is 0.371 e. The minimum Gasteiger partial charge on any atom is -0.371 e. The van der Waals surface area contributed by atoms with Crippen molar-refractivity contribution in [2.45, 2.75) is 82.7 Å². The molecule has 5 rings (SSSR count). The number of anilines is 1. The minimum absolute atomic E-state index is 0.0129. The molecule has 0 saturated carbocycles. The number of nitrogens with one attached hydrogen (secondary N) is 2. The monoisotopic (exact) mass is 659 g/mol. The van der Waals surface area contributed by atoms with Crippen molar-refractivity contribution in [3.05, 3.63) is 81.5 Å². The van der Waals surface area contributed by atoms with E-state index >= 15 is 8.78 Å². The molecule has 2 fully saturated rings. The summed E-state index contributed by atoms with van der Waals surface area (Å²) in [6, 6.07) is 10.5. The number of carbonyl (C=O) groups excluding carboxylic acids is 1. The maximum Gasteiger partial charge on any atom is 0.243 e. The van der Waals surface area contributed by atoms with Crippen LogP contribution in [0.2, 0.25) is 10.0 Å². The van der Waals surface area contributed by atoms with Gasteiger partial charge in [-0.2, -0.15) is 10.4 Å². The van der Waals surface area contributed by atoms with E-state index in [-0.39, 0.29) is 38.5 Å². The van der Waals surface area contributed by atoms with Crippen molar-refractivity contribution < 1.29 is 23.0 Å². The van der Waals surface area contributed by atoms with Crippen LogP contribution in [-0.2, 0) is 26.2 Å². The number of epoxide rings is 1. The molecule has 0 aliphatic carbocycles. The molecular formula is C33H37Cl2F2N5O3. The molecule has 2 aliphatic heterocycles. The van der Waals surface area contributed by atoms with Gasteiger partial charge in [0, 0.05) is 34.8 Å². The second-order valence-corrected chi connectivity index (χ2v) is 14.4. The number of rotatable bonds is 10. The van der Waals surface area contributed by atoms with E-state index in [9.17, 15) is 10.1 Å². The molecular weight excluding hydrogens is 623 g/mol. The first-order chi connectivity index (χ1) is 21.1. The van der Waals surface area contributed by atoms with Crippen molar-refractivity contribution in [3.8, 4) is 6.07 Å². The molecule has 0 unspecified atom stereocenters. The summed E-state index contributed by atoms with van der Waals surface area (Å²) in [5, 5.41) is 21.6. The lowest BCUT2D eigenvalue weighted by Gasteiger charge is -2.37. The Morgan fingerprint density at radius 1 is 1.22 bits per heavy atom. The summed E-state index contributed by atoms with van der Waals surface area (Å²) in [5.41, 5.74) is -2.59. The normalized spacial score (nSPS) is 24.8. The minimum atomic E-state index is -1.72. The fraction of sp³-hybridized carbons (Fsp3) is 0.485. The van der Waals surface area contributed by atoms with Crippen molar-refractivity contribution in [2.75, 3.05) is 18.5 Å². The molecule has 5 atom stereocenters. The smallest absolute Gasteiger partial charge is 0.243 e. The first-order valence-electron chi connectivity index (χ1n) is 14.8. The zero-order valence-electron chi connectivity index (χ0n) is 25.8. The Bertz CT molecular complexity index is 1610. The van der Waals surface area contributed by atoms with Gasteiger partial charge in [-0.25, -0.2) is 8.78 Å². The van der Waals surface area contributed by atoms with Crippen molar-refractivity contribution in [2.24, 2.45) is 5.41 Å². The molecule has 240 valence electrons. The van der Waals surface area contributed by atoms with Gasteiger partial charge >= 0.3 is 0 Å². The summed E-state index contributed by atoms with van der Waals surface area (Å²) in [6.45, 7) is 11.4. The predicted molar refractivity (Wildman–Crippen MR) is 168 cm³/mol. The van der Waals surface area contributed by atoms with Crippen LogP contribution in [0.1, 0.15) is 58.1 Å². The number of hydrogen-bond acceptors (Lipinski definition) is 6. The Balaban J connectivity index is 1.54. The molecule has 45 heavy (non-hydrogen) atoms. The molecule has 0 spiro atoms. The van der Waals surface area contributed by atoms with Gasteiger partial charge in [0.1, 0.15) is 23.2 Å². The lowest BCUT2D eigenvalue weighted by molar-refractivity contribution is -0.118. The Morgan fingerprint density at radius 3 is 2.60 bits per heavy atom. The number of benzene rings is 2. The highest BCUT2D eigenvalue weighted by Crippen LogP contribution is 2.52. The van der Waals surface area contributed by atoms with E-state index in [0.717, 1.165) is 6.07 Å². The quantitative estimate of drug-likeness (QED) is 0.237. The first-order valence-corrected chi connectivity index (χ1v) is 15.6. The molecule has 3 aromatic rings. The van der Waals surface area contributed by atoms with Gasteiger partial charge in [-0.05, 0) is 49.4 Å². The highest BCUT2D eigenvalue weighted by Gasteiger charge is 2.61. The summed E-state index contributed by atoms with van der Waals surface area (Å²) in [4.78, 5) is 14.1. The molecule has 2 N–H and O–H groups in total. The zero-order chi connectivity index (χ0) is 32.7. The van der Waals surface area contributed by atoms with Crippen LogP contribution >= 0.6 is 23.2 Å². The van der Waals surface area contributed by atoms with E-state index in [1.54, 1.807) is 23.0 Å². The van der Waals surface area contributed by atoms with Gasteiger partial charge in [-0.1, -0.05) is 62.2 Å². The second-order valence-electron chi connectivity index (χ2n) is 13.6. The van der Waals surface area contributed by atoms with Crippen LogP contribution in [-0.4, -0.2) is 52.7 Å². The van der Waals surface area contributed by atoms with E-state index in [2.05, 4.69) is 21.8 Å². The van der Waals surface area contributed by atoms with Crippen molar-refractivity contribution >= 4 is 34.9 Å².